The highest BCUT2D eigenvalue weighted by molar-refractivity contribution is 6.07. The Morgan fingerprint density at radius 3 is 2.71 bits per heavy atom. The van der Waals surface area contributed by atoms with Gasteiger partial charge in [0.25, 0.3) is 0 Å². The van der Waals surface area contributed by atoms with E-state index in [1.54, 1.807) is 37.0 Å². The molecule has 1 aliphatic heterocycles. The summed E-state index contributed by atoms with van der Waals surface area (Å²) in [5, 5.41) is 4.15. The normalized spacial score (nSPS) is 15.2. The standard InChI is InChI=1S/C18H20FN3O2/c1-13-15(12-21(2)20-13)18(23)6-4-14-3-5-17(16(19)11-14)22-7-9-24-10-8-22/h3-6,11-12H,7-10H2,1-2H3/b6-4-. The van der Waals surface area contributed by atoms with Crippen LogP contribution in [0.2, 0.25) is 0 Å². The summed E-state index contributed by atoms with van der Waals surface area (Å²) in [4.78, 5) is 14.2. The zero-order chi connectivity index (χ0) is 17.1. The van der Waals surface area contributed by atoms with Gasteiger partial charge in [0.05, 0.1) is 30.2 Å². The zero-order valence-corrected chi connectivity index (χ0v) is 13.8. The lowest BCUT2D eigenvalue weighted by Gasteiger charge is -2.29. The van der Waals surface area contributed by atoms with Crippen LogP contribution in [0.3, 0.4) is 0 Å². The van der Waals surface area contributed by atoms with Gasteiger partial charge in [0.2, 0.25) is 0 Å². The number of aromatic nitrogens is 2. The highest BCUT2D eigenvalue weighted by Gasteiger charge is 2.15. The molecule has 0 aliphatic carbocycles. The van der Waals surface area contributed by atoms with Crippen molar-refractivity contribution in [2.45, 2.75) is 6.92 Å². The lowest BCUT2D eigenvalue weighted by molar-refractivity contribution is 0.104. The average molecular weight is 329 g/mol. The molecule has 6 heteroatoms. The smallest absolute Gasteiger partial charge is 0.189 e. The van der Waals surface area contributed by atoms with Gasteiger partial charge in [-0.25, -0.2) is 4.39 Å². The minimum atomic E-state index is -0.288. The Labute approximate surface area is 140 Å². The highest BCUT2D eigenvalue weighted by atomic mass is 19.1. The molecule has 24 heavy (non-hydrogen) atoms. The molecule has 1 aromatic heterocycles. The van der Waals surface area contributed by atoms with E-state index in [1.165, 1.54) is 12.1 Å². The van der Waals surface area contributed by atoms with Gasteiger partial charge in [-0.15, -0.1) is 0 Å². The number of morpholine rings is 1. The molecule has 1 aromatic carbocycles. The molecule has 0 radical (unpaired) electrons. The number of ether oxygens (including phenoxy) is 1. The second kappa shape index (κ2) is 6.97. The van der Waals surface area contributed by atoms with Crippen LogP contribution in [0.15, 0.2) is 30.5 Å². The van der Waals surface area contributed by atoms with E-state index in [9.17, 15) is 9.18 Å². The van der Waals surface area contributed by atoms with Crippen LogP contribution in [0.5, 0.6) is 0 Å². The van der Waals surface area contributed by atoms with Crippen LogP contribution in [-0.4, -0.2) is 41.9 Å². The second-order valence-electron chi connectivity index (χ2n) is 5.81. The third-order valence-electron chi connectivity index (χ3n) is 4.03. The van der Waals surface area contributed by atoms with Crippen LogP contribution in [0.25, 0.3) is 6.08 Å². The van der Waals surface area contributed by atoms with Gasteiger partial charge in [0.15, 0.2) is 5.78 Å². The summed E-state index contributed by atoms with van der Waals surface area (Å²) >= 11 is 0. The van der Waals surface area contributed by atoms with Gasteiger partial charge >= 0.3 is 0 Å². The molecule has 0 bridgehead atoms. The first kappa shape index (κ1) is 16.4. The molecule has 1 aliphatic rings. The van der Waals surface area contributed by atoms with Crippen LogP contribution >= 0.6 is 0 Å². The summed E-state index contributed by atoms with van der Waals surface area (Å²) in [6.07, 6.45) is 4.76. The number of ketones is 1. The number of hydrogen-bond acceptors (Lipinski definition) is 4. The van der Waals surface area contributed by atoms with Gasteiger partial charge in [0, 0.05) is 26.3 Å². The molecule has 126 valence electrons. The molecule has 0 unspecified atom stereocenters. The summed E-state index contributed by atoms with van der Waals surface area (Å²) in [5.74, 6) is -0.428. The Balaban J connectivity index is 1.74. The fourth-order valence-electron chi connectivity index (χ4n) is 2.79. The number of halogens is 1. The van der Waals surface area contributed by atoms with Crippen LogP contribution in [-0.2, 0) is 11.8 Å². The van der Waals surface area contributed by atoms with E-state index in [1.807, 2.05) is 11.0 Å². The van der Waals surface area contributed by atoms with Crippen LogP contribution in [0.1, 0.15) is 21.6 Å². The highest BCUT2D eigenvalue weighted by Crippen LogP contribution is 2.22. The monoisotopic (exact) mass is 329 g/mol. The summed E-state index contributed by atoms with van der Waals surface area (Å²) in [5.41, 5.74) is 2.46. The number of hydrogen-bond donors (Lipinski definition) is 0. The average Bonchev–Trinajstić information content (AvgIpc) is 2.92. The Hall–Kier alpha value is -2.47. The van der Waals surface area contributed by atoms with Crippen molar-refractivity contribution in [1.29, 1.82) is 0 Å². The zero-order valence-electron chi connectivity index (χ0n) is 13.8. The van der Waals surface area contributed by atoms with Crippen molar-refractivity contribution in [3.8, 4) is 0 Å². The lowest BCUT2D eigenvalue weighted by Crippen LogP contribution is -2.36. The van der Waals surface area contributed by atoms with E-state index < -0.39 is 0 Å². The number of nitrogens with zero attached hydrogens (tertiary/aromatic N) is 3. The second-order valence-corrected chi connectivity index (χ2v) is 5.81. The van der Waals surface area contributed by atoms with Crippen LogP contribution in [0, 0.1) is 12.7 Å². The Kier molecular flexibility index (Phi) is 4.76. The van der Waals surface area contributed by atoms with E-state index in [2.05, 4.69) is 5.10 Å². The van der Waals surface area contributed by atoms with Crippen molar-refractivity contribution >= 4 is 17.5 Å². The molecule has 2 heterocycles. The van der Waals surface area contributed by atoms with Gasteiger partial charge in [-0.1, -0.05) is 12.1 Å². The van der Waals surface area contributed by atoms with Gasteiger partial charge in [-0.2, -0.15) is 5.10 Å². The van der Waals surface area contributed by atoms with Gasteiger partial charge < -0.3 is 9.64 Å². The maximum absolute atomic E-state index is 14.3. The number of aryl methyl sites for hydroxylation is 2. The summed E-state index contributed by atoms with van der Waals surface area (Å²) in [7, 11) is 1.77. The maximum atomic E-state index is 14.3. The van der Waals surface area contributed by atoms with E-state index >= 15 is 0 Å². The predicted octanol–water partition coefficient (Wildman–Crippen LogP) is 2.60. The molecule has 3 rings (SSSR count). The number of carbonyl (C=O) groups excluding carboxylic acids is 1. The fourth-order valence-corrected chi connectivity index (χ4v) is 2.79. The quantitative estimate of drug-likeness (QED) is 0.639. The lowest BCUT2D eigenvalue weighted by atomic mass is 10.1. The molecular weight excluding hydrogens is 309 g/mol. The van der Waals surface area contributed by atoms with Crippen molar-refractivity contribution in [2.24, 2.45) is 7.05 Å². The van der Waals surface area contributed by atoms with E-state index in [-0.39, 0.29) is 11.6 Å². The Bertz CT molecular complexity index is 777. The van der Waals surface area contributed by atoms with Crippen molar-refractivity contribution in [2.75, 3.05) is 31.2 Å². The SMILES string of the molecule is Cc1nn(C)cc1C(=O)/C=C\c1ccc(N2CCOCC2)c(F)c1. The number of rotatable bonds is 4. The Morgan fingerprint density at radius 1 is 1.33 bits per heavy atom. The molecule has 0 amide bonds. The van der Waals surface area contributed by atoms with Gasteiger partial charge in [-0.05, 0) is 30.7 Å². The summed E-state index contributed by atoms with van der Waals surface area (Å²) < 4.78 is 21.2. The van der Waals surface area contributed by atoms with E-state index in [0.717, 1.165) is 0 Å². The largest absolute Gasteiger partial charge is 0.378 e. The topological polar surface area (TPSA) is 47.4 Å². The molecule has 0 N–H and O–H groups in total. The maximum Gasteiger partial charge on any atom is 0.189 e. The molecule has 1 fully saturated rings. The molecule has 2 aromatic rings. The summed E-state index contributed by atoms with van der Waals surface area (Å²) in [6.45, 7) is 4.38. The van der Waals surface area contributed by atoms with Crippen molar-refractivity contribution in [3.05, 3.63) is 53.1 Å². The first-order chi connectivity index (χ1) is 11.5. The van der Waals surface area contributed by atoms with Crippen molar-refractivity contribution in [3.63, 3.8) is 0 Å². The molecular formula is C18H20FN3O2. The molecule has 5 nitrogen and oxygen atoms in total. The molecule has 1 saturated heterocycles. The third kappa shape index (κ3) is 3.54. The van der Waals surface area contributed by atoms with Gasteiger partial charge in [0.1, 0.15) is 5.82 Å². The van der Waals surface area contributed by atoms with Crippen LogP contribution < -0.4 is 4.90 Å². The fraction of sp³-hybridized carbons (Fsp3) is 0.333. The predicted molar refractivity (Wildman–Crippen MR) is 90.7 cm³/mol. The van der Waals surface area contributed by atoms with Crippen LogP contribution in [0.4, 0.5) is 10.1 Å². The molecule has 0 atom stereocenters. The minimum Gasteiger partial charge on any atom is -0.378 e. The van der Waals surface area contributed by atoms with Crippen molar-refractivity contribution < 1.29 is 13.9 Å². The number of benzene rings is 1. The first-order valence-electron chi connectivity index (χ1n) is 7.89. The molecule has 0 spiro atoms. The minimum absolute atomic E-state index is 0.140. The van der Waals surface area contributed by atoms with Crippen molar-refractivity contribution in [1.82, 2.24) is 9.78 Å². The Morgan fingerprint density at radius 2 is 2.08 bits per heavy atom. The summed E-state index contributed by atoms with van der Waals surface area (Å²) in [6, 6.07) is 5.01. The molecule has 0 saturated carbocycles. The number of carbonyl (C=O) groups is 1. The number of allylic oxidation sites excluding steroid dienone is 1. The van der Waals surface area contributed by atoms with E-state index in [0.29, 0.717) is 48.8 Å². The number of anilines is 1. The first-order valence-corrected chi connectivity index (χ1v) is 7.89. The van der Waals surface area contributed by atoms with Gasteiger partial charge in [-0.3, -0.25) is 9.48 Å². The van der Waals surface area contributed by atoms with E-state index in [4.69, 9.17) is 4.74 Å². The third-order valence-corrected chi connectivity index (χ3v) is 4.03.